The van der Waals surface area contributed by atoms with Crippen LogP contribution in [0.5, 0.6) is 0 Å². The SMILES string of the molecule is CCOC(=O)c1c(C(=O)OCC)c(C)n(C)c1C. The molecule has 0 N–H and O–H groups in total. The molecular formula is C13H19NO4. The molecule has 0 unspecified atom stereocenters. The molecule has 0 radical (unpaired) electrons. The lowest BCUT2D eigenvalue weighted by molar-refractivity contribution is 0.0479. The molecule has 5 nitrogen and oxygen atoms in total. The van der Waals surface area contributed by atoms with Crippen LogP contribution < -0.4 is 0 Å². The maximum atomic E-state index is 11.9. The van der Waals surface area contributed by atoms with E-state index in [0.29, 0.717) is 22.5 Å². The van der Waals surface area contributed by atoms with Crippen LogP contribution in [0.25, 0.3) is 0 Å². The maximum absolute atomic E-state index is 11.9. The van der Waals surface area contributed by atoms with Gasteiger partial charge in [-0.3, -0.25) is 0 Å². The van der Waals surface area contributed by atoms with Gasteiger partial charge in [-0.25, -0.2) is 9.59 Å². The summed E-state index contributed by atoms with van der Waals surface area (Å²) in [6.45, 7) is 7.56. The fourth-order valence-electron chi connectivity index (χ4n) is 1.85. The summed E-state index contributed by atoms with van der Waals surface area (Å²) in [5.41, 5.74) is 2.01. The average Bonchev–Trinajstić information content (AvgIpc) is 2.54. The second kappa shape index (κ2) is 5.71. The molecule has 0 fully saturated rings. The number of nitrogens with zero attached hydrogens (tertiary/aromatic N) is 1. The van der Waals surface area contributed by atoms with E-state index < -0.39 is 11.9 Å². The molecule has 1 heterocycles. The summed E-state index contributed by atoms with van der Waals surface area (Å²) < 4.78 is 11.8. The van der Waals surface area contributed by atoms with Crippen LogP contribution in [0, 0.1) is 13.8 Å². The Morgan fingerprint density at radius 1 is 0.944 bits per heavy atom. The van der Waals surface area contributed by atoms with Crippen LogP contribution in [0.1, 0.15) is 46.0 Å². The van der Waals surface area contributed by atoms with E-state index in [1.807, 2.05) is 0 Å². The molecule has 100 valence electrons. The number of carbonyl (C=O) groups is 2. The number of rotatable bonds is 4. The minimum absolute atomic E-state index is 0.272. The quantitative estimate of drug-likeness (QED) is 0.770. The number of hydrogen-bond acceptors (Lipinski definition) is 4. The lowest BCUT2D eigenvalue weighted by atomic mass is 10.1. The predicted octanol–water partition coefficient (Wildman–Crippen LogP) is 2.00. The number of hydrogen-bond donors (Lipinski definition) is 0. The molecule has 0 aromatic carbocycles. The van der Waals surface area contributed by atoms with Crippen molar-refractivity contribution in [2.75, 3.05) is 13.2 Å². The van der Waals surface area contributed by atoms with Crippen molar-refractivity contribution in [1.82, 2.24) is 4.57 Å². The molecule has 0 aliphatic carbocycles. The van der Waals surface area contributed by atoms with Crippen LogP contribution in [0.15, 0.2) is 0 Å². The van der Waals surface area contributed by atoms with Crippen molar-refractivity contribution in [3.05, 3.63) is 22.5 Å². The highest BCUT2D eigenvalue weighted by Crippen LogP contribution is 2.23. The third kappa shape index (κ3) is 2.39. The van der Waals surface area contributed by atoms with E-state index in [2.05, 4.69) is 0 Å². The third-order valence-electron chi connectivity index (χ3n) is 2.94. The summed E-state index contributed by atoms with van der Waals surface area (Å²) in [6, 6.07) is 0. The molecule has 0 saturated carbocycles. The third-order valence-corrected chi connectivity index (χ3v) is 2.94. The van der Waals surface area contributed by atoms with E-state index in [-0.39, 0.29) is 13.2 Å². The lowest BCUT2D eigenvalue weighted by Gasteiger charge is -2.05. The molecular weight excluding hydrogens is 234 g/mol. The molecule has 1 aromatic heterocycles. The van der Waals surface area contributed by atoms with Crippen molar-refractivity contribution < 1.29 is 19.1 Å². The van der Waals surface area contributed by atoms with Crippen molar-refractivity contribution in [3.63, 3.8) is 0 Å². The first kappa shape index (κ1) is 14.3. The van der Waals surface area contributed by atoms with E-state index in [1.165, 1.54) is 0 Å². The Hall–Kier alpha value is -1.78. The summed E-state index contributed by atoms with van der Waals surface area (Å²) >= 11 is 0. The first-order chi connectivity index (χ1) is 8.45. The molecule has 18 heavy (non-hydrogen) atoms. The van der Waals surface area contributed by atoms with Gasteiger partial charge in [0.25, 0.3) is 0 Å². The number of aromatic nitrogens is 1. The zero-order valence-electron chi connectivity index (χ0n) is 11.5. The van der Waals surface area contributed by atoms with Crippen LogP contribution in [-0.2, 0) is 16.5 Å². The molecule has 0 aliphatic rings. The Morgan fingerprint density at radius 3 is 1.56 bits per heavy atom. The summed E-state index contributed by atoms with van der Waals surface area (Å²) in [4.78, 5) is 23.8. The van der Waals surface area contributed by atoms with Gasteiger partial charge in [0.15, 0.2) is 0 Å². The topological polar surface area (TPSA) is 57.5 Å². The van der Waals surface area contributed by atoms with Crippen molar-refractivity contribution in [2.24, 2.45) is 7.05 Å². The molecule has 0 saturated heterocycles. The van der Waals surface area contributed by atoms with Gasteiger partial charge in [0.1, 0.15) is 0 Å². The Balaban J connectivity index is 3.35. The van der Waals surface area contributed by atoms with Crippen LogP contribution in [0.3, 0.4) is 0 Å². The minimum Gasteiger partial charge on any atom is -0.462 e. The van der Waals surface area contributed by atoms with E-state index in [9.17, 15) is 9.59 Å². The molecule has 0 spiro atoms. The fourth-order valence-corrected chi connectivity index (χ4v) is 1.85. The zero-order chi connectivity index (χ0) is 13.9. The van der Waals surface area contributed by atoms with Gasteiger partial charge in [0.2, 0.25) is 0 Å². The normalized spacial score (nSPS) is 10.3. The van der Waals surface area contributed by atoms with E-state index in [1.54, 1.807) is 39.3 Å². The second-order valence-electron chi connectivity index (χ2n) is 3.92. The van der Waals surface area contributed by atoms with Gasteiger partial charge >= 0.3 is 11.9 Å². The standard InChI is InChI=1S/C13H19NO4/c1-6-17-12(15)10-8(3)14(5)9(4)11(10)13(16)18-7-2/h6-7H2,1-5H3. The van der Waals surface area contributed by atoms with Crippen molar-refractivity contribution >= 4 is 11.9 Å². The average molecular weight is 253 g/mol. The van der Waals surface area contributed by atoms with E-state index in [4.69, 9.17) is 9.47 Å². The fraction of sp³-hybridized carbons (Fsp3) is 0.538. The van der Waals surface area contributed by atoms with Crippen LogP contribution in [-0.4, -0.2) is 29.7 Å². The molecule has 1 rings (SSSR count). The zero-order valence-corrected chi connectivity index (χ0v) is 11.5. The van der Waals surface area contributed by atoms with Gasteiger partial charge in [-0.2, -0.15) is 0 Å². The Labute approximate surface area is 107 Å². The largest absolute Gasteiger partial charge is 0.462 e. The highest BCUT2D eigenvalue weighted by molar-refractivity contribution is 6.05. The lowest BCUT2D eigenvalue weighted by Crippen LogP contribution is -2.13. The molecule has 5 heteroatoms. The van der Waals surface area contributed by atoms with Gasteiger partial charge in [-0.15, -0.1) is 0 Å². The highest BCUT2D eigenvalue weighted by atomic mass is 16.5. The summed E-state index contributed by atoms with van der Waals surface area (Å²) in [5.74, 6) is -0.969. The Bertz CT molecular complexity index is 432. The summed E-state index contributed by atoms with van der Waals surface area (Å²) in [6.07, 6.45) is 0. The van der Waals surface area contributed by atoms with Crippen molar-refractivity contribution in [1.29, 1.82) is 0 Å². The van der Waals surface area contributed by atoms with Crippen molar-refractivity contribution in [2.45, 2.75) is 27.7 Å². The first-order valence-corrected chi connectivity index (χ1v) is 5.95. The number of esters is 2. The minimum atomic E-state index is -0.484. The molecule has 0 amide bonds. The van der Waals surface area contributed by atoms with E-state index in [0.717, 1.165) is 0 Å². The van der Waals surface area contributed by atoms with Crippen molar-refractivity contribution in [3.8, 4) is 0 Å². The Morgan fingerprint density at radius 2 is 1.28 bits per heavy atom. The second-order valence-corrected chi connectivity index (χ2v) is 3.92. The molecule has 1 aromatic rings. The predicted molar refractivity (Wildman–Crippen MR) is 66.8 cm³/mol. The molecule has 0 atom stereocenters. The number of carbonyl (C=O) groups excluding carboxylic acids is 2. The van der Waals surface area contributed by atoms with Gasteiger partial charge in [-0.05, 0) is 27.7 Å². The Kier molecular flexibility index (Phi) is 4.53. The van der Waals surface area contributed by atoms with Gasteiger partial charge < -0.3 is 14.0 Å². The smallest absolute Gasteiger partial charge is 0.340 e. The van der Waals surface area contributed by atoms with Gasteiger partial charge in [-0.1, -0.05) is 0 Å². The van der Waals surface area contributed by atoms with Crippen LogP contribution in [0.2, 0.25) is 0 Å². The van der Waals surface area contributed by atoms with Crippen LogP contribution in [0.4, 0.5) is 0 Å². The van der Waals surface area contributed by atoms with Gasteiger partial charge in [0.05, 0.1) is 24.3 Å². The number of ether oxygens (including phenoxy) is 2. The maximum Gasteiger partial charge on any atom is 0.340 e. The van der Waals surface area contributed by atoms with E-state index >= 15 is 0 Å². The summed E-state index contributed by atoms with van der Waals surface area (Å²) in [5, 5.41) is 0. The first-order valence-electron chi connectivity index (χ1n) is 5.95. The summed E-state index contributed by atoms with van der Waals surface area (Å²) in [7, 11) is 1.80. The van der Waals surface area contributed by atoms with Crippen LogP contribution >= 0.6 is 0 Å². The highest BCUT2D eigenvalue weighted by Gasteiger charge is 2.28. The van der Waals surface area contributed by atoms with Gasteiger partial charge in [0, 0.05) is 18.4 Å². The monoisotopic (exact) mass is 253 g/mol. The molecule has 0 aliphatic heterocycles. The molecule has 0 bridgehead atoms.